The van der Waals surface area contributed by atoms with Crippen molar-refractivity contribution in [2.45, 2.75) is 32.9 Å². The van der Waals surface area contributed by atoms with Gasteiger partial charge in [-0.3, -0.25) is 0 Å². The van der Waals surface area contributed by atoms with Crippen molar-refractivity contribution in [1.29, 1.82) is 0 Å². The van der Waals surface area contributed by atoms with Crippen molar-refractivity contribution in [3.63, 3.8) is 0 Å². The fraction of sp³-hybridized carbons (Fsp3) is 0.636. The van der Waals surface area contributed by atoms with Crippen molar-refractivity contribution in [3.05, 3.63) is 24.0 Å². The maximum Gasteiger partial charge on any atom is 0.150 e. The Kier molecular flexibility index (Phi) is 4.03. The molecule has 0 aliphatic rings. The Bertz CT molecular complexity index is 487. The molecular formula is C11H19N7. The van der Waals surface area contributed by atoms with E-state index in [1.807, 2.05) is 11.7 Å². The van der Waals surface area contributed by atoms with E-state index in [1.165, 1.54) is 0 Å². The molecule has 1 atom stereocenters. The maximum atomic E-state index is 4.35. The van der Waals surface area contributed by atoms with Crippen LogP contribution in [0.4, 0.5) is 0 Å². The zero-order chi connectivity index (χ0) is 13.0. The minimum Gasteiger partial charge on any atom is -0.303 e. The predicted molar refractivity (Wildman–Crippen MR) is 66.8 cm³/mol. The van der Waals surface area contributed by atoms with Gasteiger partial charge in [0.15, 0.2) is 0 Å². The van der Waals surface area contributed by atoms with E-state index in [9.17, 15) is 0 Å². The lowest BCUT2D eigenvalue weighted by molar-refractivity contribution is 0.500. The number of nitrogens with one attached hydrogen (secondary N) is 1. The molecule has 0 saturated carbocycles. The number of hydrogen-bond donors (Lipinski definition) is 1. The Balaban J connectivity index is 2.31. The van der Waals surface area contributed by atoms with Crippen molar-refractivity contribution in [2.24, 2.45) is 7.05 Å². The third kappa shape index (κ3) is 2.56. The zero-order valence-electron chi connectivity index (χ0n) is 11.0. The number of aryl methyl sites for hydroxylation is 2. The fourth-order valence-electron chi connectivity index (χ4n) is 1.91. The molecule has 18 heavy (non-hydrogen) atoms. The minimum atomic E-state index is -0.0576. The van der Waals surface area contributed by atoms with Crippen molar-refractivity contribution < 1.29 is 0 Å². The summed E-state index contributed by atoms with van der Waals surface area (Å²) < 4.78 is 1.92. The second-order valence-electron chi connectivity index (χ2n) is 4.09. The van der Waals surface area contributed by atoms with Gasteiger partial charge in [0.05, 0.1) is 6.20 Å². The number of nitrogens with zero attached hydrogens (tertiary/aromatic N) is 6. The quantitative estimate of drug-likeness (QED) is 0.807. The summed E-state index contributed by atoms with van der Waals surface area (Å²) >= 11 is 0. The Morgan fingerprint density at radius 3 is 2.78 bits per heavy atom. The number of rotatable bonds is 6. The molecule has 98 valence electrons. The summed E-state index contributed by atoms with van der Waals surface area (Å²) in [6, 6.07) is -0.0576. The van der Waals surface area contributed by atoms with Crippen molar-refractivity contribution in [1.82, 2.24) is 35.1 Å². The van der Waals surface area contributed by atoms with Gasteiger partial charge in [0, 0.05) is 13.6 Å². The molecule has 2 rings (SSSR count). The van der Waals surface area contributed by atoms with Gasteiger partial charge in [-0.2, -0.15) is 20.1 Å². The highest BCUT2D eigenvalue weighted by Gasteiger charge is 2.21. The Hall–Kier alpha value is -1.76. The molecule has 7 heteroatoms. The fourth-order valence-corrected chi connectivity index (χ4v) is 1.91. The van der Waals surface area contributed by atoms with E-state index in [2.05, 4.69) is 39.4 Å². The second kappa shape index (κ2) is 5.72. The normalized spacial score (nSPS) is 12.8. The van der Waals surface area contributed by atoms with Crippen molar-refractivity contribution in [3.8, 4) is 0 Å². The van der Waals surface area contributed by atoms with Crippen LogP contribution in [0.2, 0.25) is 0 Å². The van der Waals surface area contributed by atoms with Crippen LogP contribution in [0.15, 0.2) is 12.5 Å². The van der Waals surface area contributed by atoms with E-state index in [0.717, 1.165) is 31.0 Å². The highest BCUT2D eigenvalue weighted by Crippen LogP contribution is 2.17. The molecule has 1 N–H and O–H groups in total. The summed E-state index contributed by atoms with van der Waals surface area (Å²) in [5.74, 6) is 0.888. The first-order valence-electron chi connectivity index (χ1n) is 6.23. The van der Waals surface area contributed by atoms with E-state index >= 15 is 0 Å². The van der Waals surface area contributed by atoms with Gasteiger partial charge in [-0.1, -0.05) is 13.8 Å². The first kappa shape index (κ1) is 12.7. The summed E-state index contributed by atoms with van der Waals surface area (Å²) in [4.78, 5) is 5.91. The van der Waals surface area contributed by atoms with Gasteiger partial charge < -0.3 is 5.32 Å². The molecule has 0 aromatic carbocycles. The largest absolute Gasteiger partial charge is 0.303 e. The lowest BCUT2D eigenvalue weighted by Crippen LogP contribution is -2.26. The van der Waals surface area contributed by atoms with Crippen LogP contribution in [0.25, 0.3) is 0 Å². The van der Waals surface area contributed by atoms with E-state index < -0.39 is 0 Å². The predicted octanol–water partition coefficient (Wildman–Crippen LogP) is 0.515. The maximum absolute atomic E-state index is 4.35. The standard InChI is InChI=1S/C11H19N7/c1-4-6-18-11(13-8-15-18)10(12-5-2)9-7-14-17(3)16-9/h7-8,10,12H,4-6H2,1-3H3. The third-order valence-corrected chi connectivity index (χ3v) is 2.66. The molecule has 2 aromatic rings. The highest BCUT2D eigenvalue weighted by molar-refractivity contribution is 5.12. The number of aromatic nitrogens is 6. The molecule has 2 heterocycles. The third-order valence-electron chi connectivity index (χ3n) is 2.66. The van der Waals surface area contributed by atoms with E-state index in [-0.39, 0.29) is 6.04 Å². The molecule has 7 nitrogen and oxygen atoms in total. The molecule has 0 amide bonds. The smallest absolute Gasteiger partial charge is 0.150 e. The van der Waals surface area contributed by atoms with Crippen LogP contribution in [-0.2, 0) is 13.6 Å². The van der Waals surface area contributed by atoms with Gasteiger partial charge in [-0.05, 0) is 13.0 Å². The van der Waals surface area contributed by atoms with Crippen LogP contribution >= 0.6 is 0 Å². The molecule has 0 spiro atoms. The summed E-state index contributed by atoms with van der Waals surface area (Å²) in [6.07, 6.45) is 4.37. The minimum absolute atomic E-state index is 0.0576. The summed E-state index contributed by atoms with van der Waals surface area (Å²) in [5.41, 5.74) is 0.865. The highest BCUT2D eigenvalue weighted by atomic mass is 15.5. The molecule has 0 saturated heterocycles. The van der Waals surface area contributed by atoms with Crippen LogP contribution in [-0.4, -0.2) is 36.3 Å². The second-order valence-corrected chi connectivity index (χ2v) is 4.09. The number of hydrogen-bond acceptors (Lipinski definition) is 5. The van der Waals surface area contributed by atoms with Gasteiger partial charge in [0.25, 0.3) is 0 Å². The molecular weight excluding hydrogens is 230 g/mol. The van der Waals surface area contributed by atoms with Gasteiger partial charge in [0.2, 0.25) is 0 Å². The SMILES string of the molecule is CCCn1ncnc1C(NCC)c1cnn(C)n1. The zero-order valence-corrected chi connectivity index (χ0v) is 11.0. The summed E-state index contributed by atoms with van der Waals surface area (Å²) in [5, 5.41) is 16.1. The topological polar surface area (TPSA) is 73.5 Å². The van der Waals surface area contributed by atoms with Crippen LogP contribution in [0, 0.1) is 0 Å². The molecule has 0 aliphatic heterocycles. The van der Waals surface area contributed by atoms with Crippen LogP contribution in [0.5, 0.6) is 0 Å². The Labute approximate surface area is 106 Å². The lowest BCUT2D eigenvalue weighted by Gasteiger charge is -2.15. The van der Waals surface area contributed by atoms with Crippen molar-refractivity contribution in [2.75, 3.05) is 6.54 Å². The van der Waals surface area contributed by atoms with Gasteiger partial charge >= 0.3 is 0 Å². The van der Waals surface area contributed by atoms with Gasteiger partial charge in [0.1, 0.15) is 23.9 Å². The van der Waals surface area contributed by atoms with Gasteiger partial charge in [-0.25, -0.2) is 9.67 Å². The summed E-state index contributed by atoms with van der Waals surface area (Å²) in [6.45, 7) is 5.87. The van der Waals surface area contributed by atoms with E-state index in [4.69, 9.17) is 0 Å². The summed E-state index contributed by atoms with van der Waals surface area (Å²) in [7, 11) is 1.81. The Morgan fingerprint density at radius 1 is 1.33 bits per heavy atom. The molecule has 0 radical (unpaired) electrons. The molecule has 1 unspecified atom stereocenters. The first-order valence-corrected chi connectivity index (χ1v) is 6.23. The molecule has 2 aromatic heterocycles. The van der Waals surface area contributed by atoms with Gasteiger partial charge in [-0.15, -0.1) is 0 Å². The van der Waals surface area contributed by atoms with Crippen molar-refractivity contribution >= 4 is 0 Å². The van der Waals surface area contributed by atoms with Crippen LogP contribution < -0.4 is 5.32 Å². The average molecular weight is 249 g/mol. The van der Waals surface area contributed by atoms with Crippen LogP contribution in [0.3, 0.4) is 0 Å². The van der Waals surface area contributed by atoms with Crippen LogP contribution in [0.1, 0.15) is 37.8 Å². The Morgan fingerprint density at radius 2 is 2.17 bits per heavy atom. The lowest BCUT2D eigenvalue weighted by atomic mass is 10.2. The first-order chi connectivity index (χ1) is 8.76. The molecule has 0 bridgehead atoms. The average Bonchev–Trinajstić information content (AvgIpc) is 2.96. The molecule has 0 aliphatic carbocycles. The monoisotopic (exact) mass is 249 g/mol. The van der Waals surface area contributed by atoms with E-state index in [1.54, 1.807) is 17.3 Å². The van der Waals surface area contributed by atoms with E-state index in [0.29, 0.717) is 0 Å². The molecule has 0 fully saturated rings.